The lowest BCUT2D eigenvalue weighted by Crippen LogP contribution is -2.38. The fraction of sp³-hybridized carbons (Fsp3) is 0.579. The van der Waals surface area contributed by atoms with Gasteiger partial charge in [0.1, 0.15) is 5.75 Å². The average Bonchev–Trinajstić information content (AvgIpc) is 3.14. The number of carbonyl (C=O) groups excluding carboxylic acids is 2. The van der Waals surface area contributed by atoms with Gasteiger partial charge in [-0.15, -0.1) is 0 Å². The second kappa shape index (κ2) is 9.66. The van der Waals surface area contributed by atoms with Gasteiger partial charge in [0, 0.05) is 32.6 Å². The molecule has 0 spiro atoms. The number of nitrogens with one attached hydrogen (secondary N) is 2. The van der Waals surface area contributed by atoms with Crippen LogP contribution >= 0.6 is 0 Å². The van der Waals surface area contributed by atoms with E-state index in [4.69, 9.17) is 4.74 Å². The van der Waals surface area contributed by atoms with Gasteiger partial charge >= 0.3 is 12.2 Å². The quantitative estimate of drug-likeness (QED) is 0.737. The van der Waals surface area contributed by atoms with Gasteiger partial charge in [-0.25, -0.2) is 4.79 Å². The van der Waals surface area contributed by atoms with Crippen molar-refractivity contribution in [1.29, 1.82) is 0 Å². The molecule has 0 unspecified atom stereocenters. The van der Waals surface area contributed by atoms with Crippen LogP contribution in [0.4, 0.5) is 18.0 Å². The lowest BCUT2D eigenvalue weighted by Gasteiger charge is -2.17. The Kier molecular flexibility index (Phi) is 7.53. The van der Waals surface area contributed by atoms with Gasteiger partial charge in [-0.1, -0.05) is 6.07 Å². The number of likely N-dealkylation sites (tertiary alicyclic amines) is 1. The molecule has 0 atom stereocenters. The molecule has 156 valence electrons. The molecule has 9 heteroatoms. The molecule has 1 aliphatic rings. The first-order valence-corrected chi connectivity index (χ1v) is 9.33. The average molecular weight is 401 g/mol. The van der Waals surface area contributed by atoms with Crippen molar-refractivity contribution in [2.45, 2.75) is 51.9 Å². The smallest absolute Gasteiger partial charge is 0.416 e. The van der Waals surface area contributed by atoms with E-state index in [-0.39, 0.29) is 42.8 Å². The fourth-order valence-electron chi connectivity index (χ4n) is 2.96. The van der Waals surface area contributed by atoms with E-state index in [0.29, 0.717) is 0 Å². The minimum atomic E-state index is -4.56. The third-order valence-corrected chi connectivity index (χ3v) is 4.28. The number of nitrogens with zero attached hydrogens (tertiary/aromatic N) is 1. The monoisotopic (exact) mass is 401 g/mol. The first kappa shape index (κ1) is 21.8. The maximum absolute atomic E-state index is 13.3. The zero-order chi connectivity index (χ0) is 20.7. The highest BCUT2D eigenvalue weighted by Gasteiger charge is 2.34. The van der Waals surface area contributed by atoms with Gasteiger partial charge in [-0.05, 0) is 44.4 Å². The van der Waals surface area contributed by atoms with Crippen LogP contribution in [0.25, 0.3) is 0 Å². The molecule has 1 aliphatic heterocycles. The van der Waals surface area contributed by atoms with Crippen molar-refractivity contribution in [3.05, 3.63) is 29.3 Å². The summed E-state index contributed by atoms with van der Waals surface area (Å²) in [4.78, 5) is 25.5. The molecule has 1 saturated heterocycles. The molecule has 1 aromatic rings. The van der Waals surface area contributed by atoms with E-state index in [1.165, 1.54) is 12.1 Å². The minimum Gasteiger partial charge on any atom is -0.491 e. The van der Waals surface area contributed by atoms with Crippen molar-refractivity contribution in [3.63, 3.8) is 0 Å². The van der Waals surface area contributed by atoms with Crippen LogP contribution in [0.5, 0.6) is 5.75 Å². The standard InChI is InChI=1S/C19H26F3N3O3/c1-13(2)28-15-6-5-14(16(11-15)19(20,21)22)12-24-18(27)23-8-7-17(26)25-9-3-4-10-25/h5-6,11,13H,3-4,7-10,12H2,1-2H3,(H2,23,24,27). The van der Waals surface area contributed by atoms with E-state index >= 15 is 0 Å². The Balaban J connectivity index is 1.86. The first-order chi connectivity index (χ1) is 13.2. The highest BCUT2D eigenvalue weighted by atomic mass is 19.4. The van der Waals surface area contributed by atoms with E-state index in [1.54, 1.807) is 18.7 Å². The summed E-state index contributed by atoms with van der Waals surface area (Å²) < 4.78 is 45.2. The second-order valence-corrected chi connectivity index (χ2v) is 6.93. The van der Waals surface area contributed by atoms with Gasteiger partial charge < -0.3 is 20.3 Å². The van der Waals surface area contributed by atoms with Crippen LogP contribution in [0.1, 0.15) is 44.2 Å². The van der Waals surface area contributed by atoms with Crippen molar-refractivity contribution in [2.24, 2.45) is 0 Å². The molecule has 0 saturated carbocycles. The van der Waals surface area contributed by atoms with Crippen LogP contribution in [0, 0.1) is 0 Å². The molecular weight excluding hydrogens is 375 g/mol. The summed E-state index contributed by atoms with van der Waals surface area (Å²) in [6.07, 6.45) is -2.67. The normalized spacial score (nSPS) is 14.3. The van der Waals surface area contributed by atoms with Crippen LogP contribution in [-0.2, 0) is 17.5 Å². The molecule has 0 aromatic heterocycles. The number of ether oxygens (including phenoxy) is 1. The number of hydrogen-bond acceptors (Lipinski definition) is 3. The number of rotatable bonds is 7. The molecular formula is C19H26F3N3O3. The fourth-order valence-corrected chi connectivity index (χ4v) is 2.96. The third kappa shape index (κ3) is 6.61. The Bertz CT molecular complexity index is 687. The molecule has 28 heavy (non-hydrogen) atoms. The van der Waals surface area contributed by atoms with E-state index in [9.17, 15) is 22.8 Å². The summed E-state index contributed by atoms with van der Waals surface area (Å²) >= 11 is 0. The predicted octanol–water partition coefficient (Wildman–Crippen LogP) is 3.30. The van der Waals surface area contributed by atoms with E-state index in [2.05, 4.69) is 10.6 Å². The molecule has 1 fully saturated rings. The van der Waals surface area contributed by atoms with Crippen LogP contribution in [0.3, 0.4) is 0 Å². The van der Waals surface area contributed by atoms with Crippen molar-refractivity contribution < 1.29 is 27.5 Å². The number of halogens is 3. The van der Waals surface area contributed by atoms with Crippen LogP contribution < -0.4 is 15.4 Å². The van der Waals surface area contributed by atoms with Crippen molar-refractivity contribution in [3.8, 4) is 5.75 Å². The van der Waals surface area contributed by atoms with Gasteiger partial charge in [0.15, 0.2) is 0 Å². The van der Waals surface area contributed by atoms with Crippen LogP contribution in [0.15, 0.2) is 18.2 Å². The molecule has 2 N–H and O–H groups in total. The summed E-state index contributed by atoms with van der Waals surface area (Å²) in [6.45, 7) is 4.77. The molecule has 3 amide bonds. The SMILES string of the molecule is CC(C)Oc1ccc(CNC(=O)NCCC(=O)N2CCCC2)c(C(F)(F)F)c1. The molecule has 0 radical (unpaired) electrons. The lowest BCUT2D eigenvalue weighted by atomic mass is 10.1. The third-order valence-electron chi connectivity index (χ3n) is 4.28. The Morgan fingerprint density at radius 2 is 1.86 bits per heavy atom. The Morgan fingerprint density at radius 3 is 2.46 bits per heavy atom. The zero-order valence-corrected chi connectivity index (χ0v) is 16.1. The largest absolute Gasteiger partial charge is 0.491 e. The summed E-state index contributed by atoms with van der Waals surface area (Å²) in [5.41, 5.74) is -0.915. The topological polar surface area (TPSA) is 70.7 Å². The number of alkyl halides is 3. The number of amides is 3. The predicted molar refractivity (Wildman–Crippen MR) is 97.9 cm³/mol. The van der Waals surface area contributed by atoms with Crippen molar-refractivity contribution in [2.75, 3.05) is 19.6 Å². The highest BCUT2D eigenvalue weighted by Crippen LogP contribution is 2.34. The molecule has 1 heterocycles. The van der Waals surface area contributed by atoms with Gasteiger partial charge in [0.05, 0.1) is 11.7 Å². The Labute approximate surface area is 162 Å². The second-order valence-electron chi connectivity index (χ2n) is 6.93. The highest BCUT2D eigenvalue weighted by molar-refractivity contribution is 5.78. The molecule has 6 nitrogen and oxygen atoms in total. The Hall–Kier alpha value is -2.45. The van der Waals surface area contributed by atoms with Gasteiger partial charge in [-0.2, -0.15) is 13.2 Å². The van der Waals surface area contributed by atoms with Gasteiger partial charge in [0.25, 0.3) is 0 Å². The molecule has 0 bridgehead atoms. The van der Waals surface area contributed by atoms with E-state index in [0.717, 1.165) is 32.0 Å². The number of carbonyl (C=O) groups is 2. The van der Waals surface area contributed by atoms with Crippen LogP contribution in [-0.4, -0.2) is 42.6 Å². The van der Waals surface area contributed by atoms with Crippen molar-refractivity contribution in [1.82, 2.24) is 15.5 Å². The maximum Gasteiger partial charge on any atom is 0.416 e. The summed E-state index contributed by atoms with van der Waals surface area (Å²) in [5, 5.41) is 4.90. The summed E-state index contributed by atoms with van der Waals surface area (Å²) in [7, 11) is 0. The number of hydrogen-bond donors (Lipinski definition) is 2. The summed E-state index contributed by atoms with van der Waals surface area (Å²) in [5.74, 6) is 0.0915. The van der Waals surface area contributed by atoms with Gasteiger partial charge in [0.2, 0.25) is 5.91 Å². The Morgan fingerprint density at radius 1 is 1.18 bits per heavy atom. The van der Waals surface area contributed by atoms with E-state index < -0.39 is 17.8 Å². The van der Waals surface area contributed by atoms with Gasteiger partial charge in [-0.3, -0.25) is 4.79 Å². The molecule has 1 aromatic carbocycles. The zero-order valence-electron chi connectivity index (χ0n) is 16.1. The van der Waals surface area contributed by atoms with E-state index in [1.807, 2.05) is 0 Å². The maximum atomic E-state index is 13.3. The lowest BCUT2D eigenvalue weighted by molar-refractivity contribution is -0.138. The van der Waals surface area contributed by atoms with Crippen LogP contribution in [0.2, 0.25) is 0 Å². The first-order valence-electron chi connectivity index (χ1n) is 9.33. The number of urea groups is 1. The summed E-state index contributed by atoms with van der Waals surface area (Å²) in [6, 6.07) is 3.05. The number of benzene rings is 1. The molecule has 0 aliphatic carbocycles. The van der Waals surface area contributed by atoms with Crippen molar-refractivity contribution >= 4 is 11.9 Å². The molecule has 2 rings (SSSR count). The minimum absolute atomic E-state index is 0.0297.